The summed E-state index contributed by atoms with van der Waals surface area (Å²) in [4.78, 5) is 19.9. The molecule has 2 aromatic rings. The Bertz CT molecular complexity index is 949. The average Bonchev–Trinajstić information content (AvgIpc) is 3.35. The normalized spacial score (nSPS) is 21.1. The van der Waals surface area contributed by atoms with Crippen molar-refractivity contribution in [2.24, 2.45) is 0 Å². The summed E-state index contributed by atoms with van der Waals surface area (Å²) in [5.41, 5.74) is 1.35. The molecule has 0 bridgehead atoms. The van der Waals surface area contributed by atoms with Crippen molar-refractivity contribution in [2.75, 3.05) is 44.3 Å². The number of nitrogens with one attached hydrogen (secondary N) is 1. The molecule has 1 N–H and O–H groups in total. The quantitative estimate of drug-likeness (QED) is 0.822. The number of likely N-dealkylation sites (tertiary alicyclic amines) is 1. The van der Waals surface area contributed by atoms with Crippen LogP contribution in [0, 0.1) is 0 Å². The van der Waals surface area contributed by atoms with Gasteiger partial charge < -0.3 is 14.6 Å². The lowest BCUT2D eigenvalue weighted by Gasteiger charge is -2.26. The Morgan fingerprint density at radius 3 is 2.57 bits per heavy atom. The number of nitrogens with zero attached hydrogens (tertiary/aromatic N) is 2. The second-order valence-corrected chi connectivity index (χ2v) is 10.1. The molecule has 0 spiro atoms. The van der Waals surface area contributed by atoms with Gasteiger partial charge in [0.1, 0.15) is 18.1 Å². The molecule has 1 aromatic carbocycles. The van der Waals surface area contributed by atoms with Crippen LogP contribution in [-0.2, 0) is 9.84 Å². The Morgan fingerprint density at radius 1 is 1.14 bits per heavy atom. The standard InChI is InChI=1S/C20H27N3O4S/c1-15(22-6-2-3-7-22)14-27-17-4-5-18-16(12-17)13-19(21-18)20(24)23-8-10-28(25,26)11-9-23/h4-5,12-13,15,21H,2-3,6-11,14H2,1H3. The molecule has 0 saturated carbocycles. The van der Waals surface area contributed by atoms with Gasteiger partial charge in [0, 0.05) is 30.0 Å². The predicted octanol–water partition coefficient (Wildman–Crippen LogP) is 1.90. The number of amides is 1. The van der Waals surface area contributed by atoms with Gasteiger partial charge in [-0.15, -0.1) is 0 Å². The number of aromatic amines is 1. The van der Waals surface area contributed by atoms with Crippen LogP contribution in [0.5, 0.6) is 5.75 Å². The molecule has 7 nitrogen and oxygen atoms in total. The molecule has 152 valence electrons. The smallest absolute Gasteiger partial charge is 0.270 e. The summed E-state index contributed by atoms with van der Waals surface area (Å²) in [7, 11) is -3.01. The maximum absolute atomic E-state index is 12.7. The zero-order valence-corrected chi connectivity index (χ0v) is 17.0. The summed E-state index contributed by atoms with van der Waals surface area (Å²) < 4.78 is 29.1. The molecule has 1 unspecified atom stereocenters. The Kier molecular flexibility index (Phi) is 5.33. The van der Waals surface area contributed by atoms with Crippen LogP contribution >= 0.6 is 0 Å². The van der Waals surface area contributed by atoms with Crippen molar-refractivity contribution >= 4 is 26.6 Å². The van der Waals surface area contributed by atoms with E-state index in [0.29, 0.717) is 18.3 Å². The number of benzene rings is 1. The minimum Gasteiger partial charge on any atom is -0.492 e. The largest absolute Gasteiger partial charge is 0.492 e. The number of fused-ring (bicyclic) bond motifs is 1. The van der Waals surface area contributed by atoms with Gasteiger partial charge in [-0.3, -0.25) is 9.69 Å². The van der Waals surface area contributed by atoms with Crippen LogP contribution in [0.4, 0.5) is 0 Å². The maximum Gasteiger partial charge on any atom is 0.270 e. The second-order valence-electron chi connectivity index (χ2n) is 7.78. The first-order valence-electron chi connectivity index (χ1n) is 9.91. The van der Waals surface area contributed by atoms with Crippen LogP contribution in [0.3, 0.4) is 0 Å². The van der Waals surface area contributed by atoms with E-state index in [2.05, 4.69) is 16.8 Å². The lowest BCUT2D eigenvalue weighted by Crippen LogP contribution is -2.43. The lowest BCUT2D eigenvalue weighted by atomic mass is 10.2. The Labute approximate surface area is 165 Å². The number of hydrogen-bond donors (Lipinski definition) is 1. The summed E-state index contributed by atoms with van der Waals surface area (Å²) >= 11 is 0. The summed E-state index contributed by atoms with van der Waals surface area (Å²) in [5.74, 6) is 0.704. The number of ether oxygens (including phenoxy) is 1. The van der Waals surface area contributed by atoms with E-state index >= 15 is 0 Å². The summed E-state index contributed by atoms with van der Waals surface area (Å²) in [6.07, 6.45) is 2.53. The van der Waals surface area contributed by atoms with Gasteiger partial charge >= 0.3 is 0 Å². The summed E-state index contributed by atoms with van der Waals surface area (Å²) in [5, 5.41) is 0.916. The first kappa shape index (κ1) is 19.3. The Hall–Kier alpha value is -2.06. The van der Waals surface area contributed by atoms with E-state index in [1.54, 1.807) is 4.90 Å². The predicted molar refractivity (Wildman–Crippen MR) is 109 cm³/mol. The van der Waals surface area contributed by atoms with E-state index < -0.39 is 9.84 Å². The van der Waals surface area contributed by atoms with Crippen LogP contribution in [-0.4, -0.2) is 79.4 Å². The molecule has 1 amide bonds. The monoisotopic (exact) mass is 405 g/mol. The first-order valence-corrected chi connectivity index (χ1v) is 11.7. The molecule has 3 heterocycles. The average molecular weight is 406 g/mol. The summed E-state index contributed by atoms with van der Waals surface area (Å²) in [6.45, 7) is 5.62. The highest BCUT2D eigenvalue weighted by Crippen LogP contribution is 2.23. The van der Waals surface area contributed by atoms with Crippen molar-refractivity contribution in [3.8, 4) is 5.75 Å². The van der Waals surface area contributed by atoms with Gasteiger partial charge in [-0.25, -0.2) is 8.42 Å². The fourth-order valence-corrected chi connectivity index (χ4v) is 5.11. The number of carbonyl (C=O) groups excluding carboxylic acids is 1. The number of H-pyrrole nitrogens is 1. The van der Waals surface area contributed by atoms with Gasteiger partial charge in [0.05, 0.1) is 11.5 Å². The molecule has 1 aromatic heterocycles. The highest BCUT2D eigenvalue weighted by molar-refractivity contribution is 7.91. The third-order valence-corrected chi connectivity index (χ3v) is 7.32. The van der Waals surface area contributed by atoms with Gasteiger partial charge in [0.25, 0.3) is 5.91 Å². The minimum atomic E-state index is -3.01. The van der Waals surface area contributed by atoms with Crippen molar-refractivity contribution in [2.45, 2.75) is 25.8 Å². The van der Waals surface area contributed by atoms with Gasteiger partial charge in [-0.2, -0.15) is 0 Å². The van der Waals surface area contributed by atoms with E-state index in [9.17, 15) is 13.2 Å². The lowest BCUT2D eigenvalue weighted by molar-refractivity contribution is 0.0765. The molecular formula is C20H27N3O4S. The molecule has 8 heteroatoms. The number of aromatic nitrogens is 1. The highest BCUT2D eigenvalue weighted by atomic mass is 32.2. The van der Waals surface area contributed by atoms with E-state index in [1.165, 1.54) is 12.8 Å². The molecule has 2 aliphatic rings. The summed E-state index contributed by atoms with van der Waals surface area (Å²) in [6, 6.07) is 7.98. The van der Waals surface area contributed by atoms with Crippen LogP contribution in [0.2, 0.25) is 0 Å². The number of rotatable bonds is 5. The van der Waals surface area contributed by atoms with E-state index in [-0.39, 0.29) is 30.5 Å². The van der Waals surface area contributed by atoms with Crippen molar-refractivity contribution in [3.63, 3.8) is 0 Å². The molecule has 0 radical (unpaired) electrons. The van der Waals surface area contributed by atoms with E-state index in [1.807, 2.05) is 24.3 Å². The van der Waals surface area contributed by atoms with E-state index in [4.69, 9.17) is 4.74 Å². The molecule has 2 fully saturated rings. The second kappa shape index (κ2) is 7.75. The molecule has 28 heavy (non-hydrogen) atoms. The Morgan fingerprint density at radius 2 is 1.86 bits per heavy atom. The zero-order valence-electron chi connectivity index (χ0n) is 16.2. The topological polar surface area (TPSA) is 82.7 Å². The van der Waals surface area contributed by atoms with Crippen molar-refractivity contribution in [1.82, 2.24) is 14.8 Å². The molecule has 4 rings (SSSR count). The van der Waals surface area contributed by atoms with Crippen LogP contribution in [0.1, 0.15) is 30.3 Å². The van der Waals surface area contributed by atoms with Crippen LogP contribution in [0.25, 0.3) is 10.9 Å². The van der Waals surface area contributed by atoms with Crippen molar-refractivity contribution in [1.29, 1.82) is 0 Å². The van der Waals surface area contributed by atoms with E-state index in [0.717, 1.165) is 29.7 Å². The number of hydrogen-bond acceptors (Lipinski definition) is 5. The third kappa shape index (κ3) is 4.17. The third-order valence-electron chi connectivity index (χ3n) is 5.71. The van der Waals surface area contributed by atoms with Gasteiger partial charge in [0.2, 0.25) is 0 Å². The first-order chi connectivity index (χ1) is 13.4. The molecule has 2 aliphatic heterocycles. The van der Waals surface area contributed by atoms with Gasteiger partial charge in [-0.1, -0.05) is 0 Å². The van der Waals surface area contributed by atoms with Gasteiger partial charge in [-0.05, 0) is 57.1 Å². The number of sulfone groups is 1. The van der Waals surface area contributed by atoms with Gasteiger partial charge in [0.15, 0.2) is 9.84 Å². The molecule has 1 atom stereocenters. The minimum absolute atomic E-state index is 0.0339. The highest BCUT2D eigenvalue weighted by Gasteiger charge is 2.26. The fraction of sp³-hybridized carbons (Fsp3) is 0.550. The fourth-order valence-electron chi connectivity index (χ4n) is 3.91. The molecular weight excluding hydrogens is 378 g/mol. The van der Waals surface area contributed by atoms with Crippen LogP contribution < -0.4 is 4.74 Å². The zero-order chi connectivity index (χ0) is 19.7. The molecule has 2 saturated heterocycles. The Balaban J connectivity index is 1.42. The van der Waals surface area contributed by atoms with Crippen LogP contribution in [0.15, 0.2) is 24.3 Å². The van der Waals surface area contributed by atoms with Crippen molar-refractivity contribution in [3.05, 3.63) is 30.0 Å². The van der Waals surface area contributed by atoms with Crippen molar-refractivity contribution < 1.29 is 17.9 Å². The maximum atomic E-state index is 12.7. The molecule has 0 aliphatic carbocycles. The number of carbonyl (C=O) groups is 1. The SMILES string of the molecule is CC(COc1ccc2[nH]c(C(=O)N3CCS(=O)(=O)CC3)cc2c1)N1CCCC1.